The molecule has 2 heterocycles. The van der Waals surface area contributed by atoms with Crippen LogP contribution < -0.4 is 9.80 Å². The first kappa shape index (κ1) is 42.3. The van der Waals surface area contributed by atoms with E-state index < -0.39 is 23.8 Å². The van der Waals surface area contributed by atoms with Crippen molar-refractivity contribution in [3.05, 3.63) is 99.3 Å². The Bertz CT molecular complexity index is 2310. The molecule has 1 fully saturated rings. The Morgan fingerprint density at radius 3 is 1.49 bits per heavy atom. The van der Waals surface area contributed by atoms with Crippen LogP contribution in [-0.2, 0) is 4.74 Å². The van der Waals surface area contributed by atoms with Gasteiger partial charge in [0.05, 0.1) is 42.3 Å². The third-order valence-electron chi connectivity index (χ3n) is 7.95. The van der Waals surface area contributed by atoms with Crippen LogP contribution in [0, 0.1) is 40.4 Å². The van der Waals surface area contributed by atoms with Crippen molar-refractivity contribution in [3.8, 4) is 23.7 Å². The molecule has 0 unspecified atom stereocenters. The summed E-state index contributed by atoms with van der Waals surface area (Å²) >= 11 is 27.2. The summed E-state index contributed by atoms with van der Waals surface area (Å²) in [7, 11) is 0. The number of halogens is 4. The molecule has 5 rings (SSSR count). The molecule has 0 bridgehead atoms. The quantitative estimate of drug-likeness (QED) is 0.0951. The van der Waals surface area contributed by atoms with Crippen LogP contribution in [0.4, 0.5) is 11.4 Å². The molecule has 1 aliphatic rings. The lowest BCUT2D eigenvalue weighted by atomic mass is 9.98. The predicted octanol–water partition coefficient (Wildman–Crippen LogP) is 11.9. The fraction of sp³-hybridized carbons (Fsp3) is 0.333. The molecule has 0 radical (unpaired) electrons. The van der Waals surface area contributed by atoms with E-state index in [0.717, 1.165) is 35.5 Å². The highest BCUT2D eigenvalue weighted by Crippen LogP contribution is 2.39. The maximum Gasteiger partial charge on any atom is 0.358 e. The number of esters is 2. The maximum atomic E-state index is 14.2. The summed E-state index contributed by atoms with van der Waals surface area (Å²) < 4.78 is 5.62. The molecule has 0 N–H and O–H groups in total. The lowest BCUT2D eigenvalue weighted by Crippen LogP contribution is -2.34. The van der Waals surface area contributed by atoms with Gasteiger partial charge in [0.15, 0.2) is 0 Å². The lowest BCUT2D eigenvalue weighted by molar-refractivity contribution is 0.0406. The zero-order valence-electron chi connectivity index (χ0n) is 31.3. The summed E-state index contributed by atoms with van der Waals surface area (Å²) in [6.07, 6.45) is 1.82. The molecule has 0 atom stereocenters. The van der Waals surface area contributed by atoms with Crippen LogP contribution in [0.25, 0.3) is 0 Å². The van der Waals surface area contributed by atoms with Gasteiger partial charge in [0.25, 0.3) is 11.8 Å². The Morgan fingerprint density at radius 2 is 1.11 bits per heavy atom. The van der Waals surface area contributed by atoms with Crippen molar-refractivity contribution in [1.29, 1.82) is 0 Å². The van der Waals surface area contributed by atoms with Crippen molar-refractivity contribution < 1.29 is 23.9 Å². The molecule has 0 spiro atoms. The fourth-order valence-corrected chi connectivity index (χ4v) is 7.90. The summed E-state index contributed by atoms with van der Waals surface area (Å²) in [6, 6.07) is 12.4. The summed E-state index contributed by atoms with van der Waals surface area (Å²) in [5, 5.41) is 1.02. The van der Waals surface area contributed by atoms with E-state index >= 15 is 0 Å². The maximum absolute atomic E-state index is 14.2. The first-order chi connectivity index (χ1) is 25.7. The second kappa shape index (κ2) is 17.1. The fourth-order valence-electron chi connectivity index (χ4n) is 5.14. The Hall–Kier alpha value is -3.80. The SMILES string of the molecule is CCN(C(=O)c1ccc(Cl)cc1Cl)c1cc(C#CC(C)(C)C)sc1C(=O)OC(=O)c1sc(C#CC(C)(C)C)cc1N(CC1CC1)C(=O)c1ccc(Cl)cc1Cl. The number of amides is 2. The van der Waals surface area contributed by atoms with Gasteiger partial charge in [-0.15, -0.1) is 22.7 Å². The minimum atomic E-state index is -0.996. The molecule has 2 aromatic carbocycles. The lowest BCUT2D eigenvalue weighted by Gasteiger charge is -2.23. The Morgan fingerprint density at radius 1 is 0.691 bits per heavy atom. The molecule has 4 aromatic rings. The average molecular weight is 857 g/mol. The van der Waals surface area contributed by atoms with Crippen LogP contribution in [0.5, 0.6) is 0 Å². The van der Waals surface area contributed by atoms with Crippen LogP contribution in [-0.4, -0.2) is 36.8 Å². The molecule has 1 aliphatic carbocycles. The zero-order valence-corrected chi connectivity index (χ0v) is 35.9. The number of carbonyl (C=O) groups excluding carboxylic acids is 4. The highest BCUT2D eigenvalue weighted by atomic mass is 35.5. The van der Waals surface area contributed by atoms with E-state index in [1.165, 1.54) is 34.1 Å². The number of nitrogens with zero attached hydrogens (tertiary/aromatic N) is 2. The van der Waals surface area contributed by atoms with Crippen molar-refractivity contribution in [2.75, 3.05) is 22.9 Å². The summed E-state index contributed by atoms with van der Waals surface area (Å²) in [6.45, 7) is 13.9. The molecule has 7 nitrogen and oxygen atoms in total. The van der Waals surface area contributed by atoms with Gasteiger partial charge in [-0.25, -0.2) is 9.59 Å². The van der Waals surface area contributed by atoms with E-state index in [-0.39, 0.29) is 65.6 Å². The minimum Gasteiger partial charge on any atom is -0.384 e. The van der Waals surface area contributed by atoms with Crippen LogP contribution in [0.3, 0.4) is 0 Å². The normalized spacial score (nSPS) is 12.6. The first-order valence-electron chi connectivity index (χ1n) is 17.4. The number of hydrogen-bond donors (Lipinski definition) is 0. The molecule has 2 aromatic heterocycles. The van der Waals surface area contributed by atoms with Crippen molar-refractivity contribution >= 4 is 104 Å². The number of thiophene rings is 2. The van der Waals surface area contributed by atoms with Gasteiger partial charge < -0.3 is 14.5 Å². The number of anilines is 2. The van der Waals surface area contributed by atoms with Gasteiger partial charge in [0, 0.05) is 34.0 Å². The number of carbonyl (C=O) groups is 4. The highest BCUT2D eigenvalue weighted by molar-refractivity contribution is 7.15. The van der Waals surface area contributed by atoms with E-state index in [1.807, 2.05) is 41.5 Å². The molecule has 0 aliphatic heterocycles. The number of rotatable bonds is 9. The predicted molar refractivity (Wildman–Crippen MR) is 226 cm³/mol. The van der Waals surface area contributed by atoms with Gasteiger partial charge in [-0.3, -0.25) is 9.59 Å². The Kier molecular flexibility index (Phi) is 13.2. The summed E-state index contributed by atoms with van der Waals surface area (Å²) in [4.78, 5) is 60.2. The van der Waals surface area contributed by atoms with Crippen molar-refractivity contribution in [2.45, 2.75) is 61.3 Å². The average Bonchev–Trinajstić information content (AvgIpc) is 3.65. The van der Waals surface area contributed by atoms with E-state index in [0.29, 0.717) is 26.3 Å². The minimum absolute atomic E-state index is 0.00729. The molecule has 13 heteroatoms. The first-order valence-corrected chi connectivity index (χ1v) is 20.5. The smallest absolute Gasteiger partial charge is 0.358 e. The van der Waals surface area contributed by atoms with Gasteiger partial charge >= 0.3 is 11.9 Å². The second-order valence-electron chi connectivity index (χ2n) is 15.0. The number of hydrogen-bond acceptors (Lipinski definition) is 7. The molecule has 1 saturated carbocycles. The largest absolute Gasteiger partial charge is 0.384 e. The van der Waals surface area contributed by atoms with Crippen molar-refractivity contribution in [1.82, 2.24) is 0 Å². The zero-order chi connectivity index (χ0) is 40.4. The van der Waals surface area contributed by atoms with Gasteiger partial charge in [0.1, 0.15) is 9.75 Å². The summed E-state index contributed by atoms with van der Waals surface area (Å²) in [5.41, 5.74) is 0.0999. The van der Waals surface area contributed by atoms with Gasteiger partial charge in [-0.2, -0.15) is 0 Å². The molecular weight excluding hydrogens is 818 g/mol. The van der Waals surface area contributed by atoms with E-state index in [4.69, 9.17) is 51.1 Å². The number of benzene rings is 2. The highest BCUT2D eigenvalue weighted by Gasteiger charge is 2.35. The van der Waals surface area contributed by atoms with E-state index in [2.05, 4.69) is 23.7 Å². The van der Waals surface area contributed by atoms with E-state index in [1.54, 1.807) is 31.2 Å². The molecule has 55 heavy (non-hydrogen) atoms. The number of ether oxygens (including phenoxy) is 1. The molecular formula is C42H38Cl4N2O5S2. The van der Waals surface area contributed by atoms with Crippen LogP contribution in [0.2, 0.25) is 20.1 Å². The Labute approximate surface area is 349 Å². The molecule has 0 saturated heterocycles. The molecule has 286 valence electrons. The molecule has 2 amide bonds. The van der Waals surface area contributed by atoms with E-state index in [9.17, 15) is 19.2 Å². The van der Waals surface area contributed by atoms with Gasteiger partial charge in [-0.05, 0) is 116 Å². The third kappa shape index (κ3) is 11.0. The standard InChI is InChI=1S/C42H38Cl4N2O5S2/c1-8-47(37(49)29-13-11-25(43)19-31(29)45)33-21-27(15-17-41(2,3)4)54-35(33)39(51)53-40(52)36-34(22-28(55-36)16-18-42(5,6)7)48(23-24-9-10-24)38(50)30-14-12-26(44)20-32(30)46/h11-14,19-22,24H,8-10,23H2,1-7H3. The van der Waals surface area contributed by atoms with Gasteiger partial charge in [0.2, 0.25) is 0 Å². The van der Waals surface area contributed by atoms with Crippen LogP contribution >= 0.6 is 69.1 Å². The topological polar surface area (TPSA) is 84.0 Å². The second-order valence-corrected chi connectivity index (χ2v) is 18.8. The summed E-state index contributed by atoms with van der Waals surface area (Å²) in [5.74, 6) is 9.83. The monoisotopic (exact) mass is 854 g/mol. The van der Waals surface area contributed by atoms with Gasteiger partial charge in [-0.1, -0.05) is 70.1 Å². The Balaban J connectivity index is 1.58. The van der Waals surface area contributed by atoms with Crippen LogP contribution in [0.15, 0.2) is 48.5 Å². The third-order valence-corrected chi connectivity index (χ3v) is 11.1. The van der Waals surface area contributed by atoms with Crippen molar-refractivity contribution in [3.63, 3.8) is 0 Å². The van der Waals surface area contributed by atoms with Crippen LogP contribution in [0.1, 0.15) is 111 Å². The van der Waals surface area contributed by atoms with Crippen molar-refractivity contribution in [2.24, 2.45) is 16.7 Å².